The Morgan fingerprint density at radius 2 is 1.74 bits per heavy atom. The van der Waals surface area contributed by atoms with Crippen LogP contribution in [0.2, 0.25) is 0 Å². The van der Waals surface area contributed by atoms with E-state index < -0.39 is 12.0 Å². The van der Waals surface area contributed by atoms with E-state index >= 15 is 0 Å². The van der Waals surface area contributed by atoms with Crippen LogP contribution in [0, 0.1) is 5.92 Å². The molecule has 0 spiro atoms. The molecule has 0 aliphatic carbocycles. The van der Waals surface area contributed by atoms with Crippen LogP contribution >= 0.6 is 0 Å². The molecule has 2 rings (SSSR count). The summed E-state index contributed by atoms with van der Waals surface area (Å²) < 4.78 is 5.12. The Labute approximate surface area is 136 Å². The highest BCUT2D eigenvalue weighted by molar-refractivity contribution is 5.87. The van der Waals surface area contributed by atoms with Gasteiger partial charge in [0.2, 0.25) is 5.91 Å². The number of hydrogen-bond donors (Lipinski definition) is 1. The minimum Gasteiger partial charge on any atom is -0.464 e. The number of ether oxygens (including phenoxy) is 1. The third kappa shape index (κ3) is 5.09. The molecule has 4 heteroatoms. The lowest BCUT2D eigenvalue weighted by molar-refractivity contribution is -0.148. The molecule has 0 fully saturated rings. The van der Waals surface area contributed by atoms with Crippen molar-refractivity contribution in [2.75, 3.05) is 6.61 Å². The summed E-state index contributed by atoms with van der Waals surface area (Å²) in [6, 6.07) is 13.3. The van der Waals surface area contributed by atoms with Gasteiger partial charge in [0.25, 0.3) is 0 Å². The molecule has 0 aromatic heterocycles. The molecule has 1 unspecified atom stereocenters. The second kappa shape index (κ2) is 7.77. The number of rotatable bonds is 6. The number of nitrogens with one attached hydrogen (secondary N) is 1. The number of fused-ring (bicyclic) bond motifs is 1. The number of amides is 1. The van der Waals surface area contributed by atoms with Crippen molar-refractivity contribution in [3.05, 3.63) is 48.0 Å². The predicted molar refractivity (Wildman–Crippen MR) is 91.1 cm³/mol. The first-order valence-electron chi connectivity index (χ1n) is 7.89. The SMILES string of the molecule is CC(C)COC(=O)C(C)NC(=O)Cc1ccc2ccccc2c1. The van der Waals surface area contributed by atoms with E-state index in [-0.39, 0.29) is 18.2 Å². The van der Waals surface area contributed by atoms with Crippen LogP contribution in [0.3, 0.4) is 0 Å². The molecular formula is C19H23NO3. The van der Waals surface area contributed by atoms with E-state index in [1.165, 1.54) is 0 Å². The number of hydrogen-bond acceptors (Lipinski definition) is 3. The molecule has 0 saturated heterocycles. The molecule has 0 aliphatic rings. The van der Waals surface area contributed by atoms with Gasteiger partial charge < -0.3 is 10.1 Å². The number of carbonyl (C=O) groups excluding carboxylic acids is 2. The van der Waals surface area contributed by atoms with Crippen molar-refractivity contribution < 1.29 is 14.3 Å². The van der Waals surface area contributed by atoms with Gasteiger partial charge in [-0.1, -0.05) is 56.3 Å². The Morgan fingerprint density at radius 3 is 2.43 bits per heavy atom. The van der Waals surface area contributed by atoms with Crippen molar-refractivity contribution in [2.24, 2.45) is 5.92 Å². The van der Waals surface area contributed by atoms with Crippen molar-refractivity contribution in [1.29, 1.82) is 0 Å². The van der Waals surface area contributed by atoms with E-state index in [0.717, 1.165) is 16.3 Å². The molecule has 122 valence electrons. The van der Waals surface area contributed by atoms with Gasteiger partial charge in [-0.15, -0.1) is 0 Å². The maximum Gasteiger partial charge on any atom is 0.328 e. The maximum atomic E-state index is 12.1. The molecule has 1 atom stereocenters. The largest absolute Gasteiger partial charge is 0.464 e. The summed E-state index contributed by atoms with van der Waals surface area (Å²) >= 11 is 0. The normalized spacial score (nSPS) is 12.2. The summed E-state index contributed by atoms with van der Waals surface area (Å²) in [7, 11) is 0. The first-order chi connectivity index (χ1) is 11.0. The summed E-state index contributed by atoms with van der Waals surface area (Å²) in [5.41, 5.74) is 0.920. The number of esters is 1. The predicted octanol–water partition coefficient (Wildman–Crippen LogP) is 3.09. The molecule has 0 bridgehead atoms. The minimum atomic E-state index is -0.637. The zero-order chi connectivity index (χ0) is 16.8. The standard InChI is InChI=1S/C19H23NO3/c1-13(2)12-23-19(22)14(3)20-18(21)11-15-8-9-16-6-4-5-7-17(16)10-15/h4-10,13-14H,11-12H2,1-3H3,(H,20,21). The Morgan fingerprint density at radius 1 is 1.04 bits per heavy atom. The summed E-state index contributed by atoms with van der Waals surface area (Å²) in [5, 5.41) is 4.93. The summed E-state index contributed by atoms with van der Waals surface area (Å²) in [4.78, 5) is 23.9. The quantitative estimate of drug-likeness (QED) is 0.834. The molecule has 0 heterocycles. The first-order valence-corrected chi connectivity index (χ1v) is 7.89. The number of carbonyl (C=O) groups is 2. The lowest BCUT2D eigenvalue weighted by atomic mass is 10.0. The third-order valence-corrected chi connectivity index (χ3v) is 3.47. The van der Waals surface area contributed by atoms with E-state index in [0.29, 0.717) is 6.61 Å². The van der Waals surface area contributed by atoms with Crippen molar-refractivity contribution in [3.8, 4) is 0 Å². The average molecular weight is 313 g/mol. The van der Waals surface area contributed by atoms with Crippen LogP contribution in [0.15, 0.2) is 42.5 Å². The monoisotopic (exact) mass is 313 g/mol. The van der Waals surface area contributed by atoms with Crippen LogP contribution in [-0.2, 0) is 20.7 Å². The average Bonchev–Trinajstić information content (AvgIpc) is 2.52. The Hall–Kier alpha value is -2.36. The van der Waals surface area contributed by atoms with Gasteiger partial charge in [-0.05, 0) is 29.2 Å². The van der Waals surface area contributed by atoms with Crippen molar-refractivity contribution in [2.45, 2.75) is 33.2 Å². The molecule has 1 N–H and O–H groups in total. The van der Waals surface area contributed by atoms with Gasteiger partial charge in [-0.2, -0.15) is 0 Å². The first kappa shape index (κ1) is 17.0. The lowest BCUT2D eigenvalue weighted by Gasteiger charge is -2.14. The second-order valence-corrected chi connectivity index (χ2v) is 6.17. The molecule has 2 aromatic carbocycles. The second-order valence-electron chi connectivity index (χ2n) is 6.17. The molecule has 0 radical (unpaired) electrons. The van der Waals surface area contributed by atoms with E-state index in [1.54, 1.807) is 6.92 Å². The zero-order valence-corrected chi connectivity index (χ0v) is 13.8. The molecule has 0 saturated carbocycles. The zero-order valence-electron chi connectivity index (χ0n) is 13.8. The molecule has 0 aliphatic heterocycles. The summed E-state index contributed by atoms with van der Waals surface area (Å²) in [5.74, 6) is -0.306. The molecule has 23 heavy (non-hydrogen) atoms. The lowest BCUT2D eigenvalue weighted by Crippen LogP contribution is -2.40. The van der Waals surface area contributed by atoms with Gasteiger partial charge in [-0.3, -0.25) is 4.79 Å². The van der Waals surface area contributed by atoms with E-state index in [2.05, 4.69) is 5.32 Å². The van der Waals surface area contributed by atoms with Gasteiger partial charge >= 0.3 is 5.97 Å². The van der Waals surface area contributed by atoms with Gasteiger partial charge in [0.05, 0.1) is 13.0 Å². The fraction of sp³-hybridized carbons (Fsp3) is 0.368. The van der Waals surface area contributed by atoms with Gasteiger partial charge in [-0.25, -0.2) is 4.79 Å². The maximum absolute atomic E-state index is 12.1. The highest BCUT2D eigenvalue weighted by Gasteiger charge is 2.17. The molecule has 4 nitrogen and oxygen atoms in total. The van der Waals surface area contributed by atoms with Crippen LogP contribution in [0.5, 0.6) is 0 Å². The van der Waals surface area contributed by atoms with Crippen LogP contribution in [0.25, 0.3) is 10.8 Å². The third-order valence-electron chi connectivity index (χ3n) is 3.47. The fourth-order valence-electron chi connectivity index (χ4n) is 2.26. The molecule has 2 aromatic rings. The highest BCUT2D eigenvalue weighted by Crippen LogP contribution is 2.16. The van der Waals surface area contributed by atoms with Crippen LogP contribution in [0.4, 0.5) is 0 Å². The summed E-state index contributed by atoms with van der Waals surface area (Å²) in [6.07, 6.45) is 0.243. The Kier molecular flexibility index (Phi) is 5.74. The smallest absolute Gasteiger partial charge is 0.328 e. The van der Waals surface area contributed by atoms with Gasteiger partial charge in [0.1, 0.15) is 6.04 Å². The molecule has 1 amide bonds. The fourth-order valence-corrected chi connectivity index (χ4v) is 2.26. The van der Waals surface area contributed by atoms with Crippen LogP contribution < -0.4 is 5.32 Å². The summed E-state index contributed by atoms with van der Waals surface area (Å²) in [6.45, 7) is 5.94. The topological polar surface area (TPSA) is 55.4 Å². The van der Waals surface area contributed by atoms with E-state index in [4.69, 9.17) is 4.74 Å². The van der Waals surface area contributed by atoms with E-state index in [1.807, 2.05) is 56.3 Å². The minimum absolute atomic E-state index is 0.186. The molecular weight excluding hydrogens is 290 g/mol. The van der Waals surface area contributed by atoms with Crippen molar-refractivity contribution >= 4 is 22.6 Å². The van der Waals surface area contributed by atoms with Crippen LogP contribution in [0.1, 0.15) is 26.3 Å². The van der Waals surface area contributed by atoms with Gasteiger partial charge in [0, 0.05) is 0 Å². The number of benzene rings is 2. The van der Waals surface area contributed by atoms with E-state index in [9.17, 15) is 9.59 Å². The highest BCUT2D eigenvalue weighted by atomic mass is 16.5. The van der Waals surface area contributed by atoms with Crippen molar-refractivity contribution in [3.63, 3.8) is 0 Å². The Balaban J connectivity index is 1.91. The van der Waals surface area contributed by atoms with Crippen LogP contribution in [-0.4, -0.2) is 24.5 Å². The Bertz CT molecular complexity index is 694. The van der Waals surface area contributed by atoms with Gasteiger partial charge in [0.15, 0.2) is 0 Å². The van der Waals surface area contributed by atoms with Crippen molar-refractivity contribution in [1.82, 2.24) is 5.32 Å².